The highest BCUT2D eigenvalue weighted by Gasteiger charge is 2.18. The number of unbranched alkanes of at least 4 members (excludes halogenated alkanes) is 1. The summed E-state index contributed by atoms with van der Waals surface area (Å²) in [6.45, 7) is 5.48. The van der Waals surface area contributed by atoms with Crippen molar-refractivity contribution in [1.82, 2.24) is 9.78 Å². The molecule has 0 saturated heterocycles. The average Bonchev–Trinajstić information content (AvgIpc) is 2.83. The molecule has 0 spiro atoms. The summed E-state index contributed by atoms with van der Waals surface area (Å²) in [4.78, 5) is 12.2. The van der Waals surface area contributed by atoms with Crippen molar-refractivity contribution in [2.75, 3.05) is 6.61 Å². The molecule has 0 radical (unpaired) electrons. The smallest absolute Gasteiger partial charge is 0.359 e. The lowest BCUT2D eigenvalue weighted by Gasteiger charge is -2.01. The Labute approximate surface area is 134 Å². The van der Waals surface area contributed by atoms with E-state index in [9.17, 15) is 4.79 Å². The van der Waals surface area contributed by atoms with Gasteiger partial charge in [0.1, 0.15) is 7.28 Å². The number of hydrogen-bond donors (Lipinski definition) is 0. The van der Waals surface area contributed by atoms with Gasteiger partial charge in [-0.3, -0.25) is 4.68 Å². The molecule has 2 rings (SSSR count). The minimum Gasteiger partial charge on any atom is -0.462 e. The molecule has 0 fully saturated rings. The number of halogens is 1. The first-order valence-electron chi connectivity index (χ1n) is 7.50. The molecular formula is C15H20BBrN2O2. The molecule has 6 heteroatoms. The molecule has 0 aliphatic rings. The SMILES string of the molecule is CBCCOC(=O)c1nn(CCCC)c2ccc(Br)cc12. The van der Waals surface area contributed by atoms with Gasteiger partial charge in [0.15, 0.2) is 5.69 Å². The first-order chi connectivity index (χ1) is 10.2. The fourth-order valence-electron chi connectivity index (χ4n) is 2.16. The Hall–Kier alpha value is -1.30. The van der Waals surface area contributed by atoms with Gasteiger partial charge in [0.2, 0.25) is 0 Å². The molecule has 0 unspecified atom stereocenters. The van der Waals surface area contributed by atoms with E-state index in [-0.39, 0.29) is 5.97 Å². The first-order valence-corrected chi connectivity index (χ1v) is 8.29. The van der Waals surface area contributed by atoms with Crippen LogP contribution in [0.3, 0.4) is 0 Å². The maximum Gasteiger partial charge on any atom is 0.359 e. The fraction of sp³-hybridized carbons (Fsp3) is 0.467. The third-order valence-corrected chi connectivity index (χ3v) is 3.85. The van der Waals surface area contributed by atoms with E-state index in [1.54, 1.807) is 0 Å². The summed E-state index contributed by atoms with van der Waals surface area (Å²) >= 11 is 3.45. The minimum atomic E-state index is -0.332. The van der Waals surface area contributed by atoms with E-state index in [0.29, 0.717) is 12.3 Å². The molecule has 0 atom stereocenters. The maximum absolute atomic E-state index is 12.2. The van der Waals surface area contributed by atoms with Crippen LogP contribution in [-0.4, -0.2) is 29.6 Å². The van der Waals surface area contributed by atoms with Crippen molar-refractivity contribution in [3.63, 3.8) is 0 Å². The van der Waals surface area contributed by atoms with Crippen LogP contribution in [0.4, 0.5) is 0 Å². The van der Waals surface area contributed by atoms with Crippen LogP contribution in [0.25, 0.3) is 10.9 Å². The first kappa shape index (κ1) is 16.1. The van der Waals surface area contributed by atoms with Crippen LogP contribution >= 0.6 is 15.9 Å². The zero-order chi connectivity index (χ0) is 15.2. The number of nitrogens with zero attached hydrogens (tertiary/aromatic N) is 2. The lowest BCUT2D eigenvalue weighted by Crippen LogP contribution is -2.09. The van der Waals surface area contributed by atoms with Gasteiger partial charge in [0, 0.05) is 16.4 Å². The van der Waals surface area contributed by atoms with E-state index < -0.39 is 0 Å². The van der Waals surface area contributed by atoms with Crippen molar-refractivity contribution in [3.8, 4) is 0 Å². The molecule has 0 aliphatic carbocycles. The highest BCUT2D eigenvalue weighted by Crippen LogP contribution is 2.24. The number of benzene rings is 1. The van der Waals surface area contributed by atoms with Crippen molar-refractivity contribution < 1.29 is 9.53 Å². The number of ether oxygens (including phenoxy) is 1. The van der Waals surface area contributed by atoms with Crippen molar-refractivity contribution in [1.29, 1.82) is 0 Å². The number of carbonyl (C=O) groups is 1. The van der Waals surface area contributed by atoms with E-state index in [4.69, 9.17) is 4.74 Å². The molecule has 0 amide bonds. The quantitative estimate of drug-likeness (QED) is 0.435. The molecule has 21 heavy (non-hydrogen) atoms. The fourth-order valence-corrected chi connectivity index (χ4v) is 2.52. The van der Waals surface area contributed by atoms with Crippen LogP contribution in [0.1, 0.15) is 30.3 Å². The molecule has 2 aromatic rings. The lowest BCUT2D eigenvalue weighted by molar-refractivity contribution is 0.0520. The summed E-state index contributed by atoms with van der Waals surface area (Å²) in [5.41, 5.74) is 1.40. The summed E-state index contributed by atoms with van der Waals surface area (Å²) in [6, 6.07) is 5.89. The number of rotatable bonds is 7. The number of aryl methyl sites for hydroxylation is 1. The summed E-state index contributed by atoms with van der Waals surface area (Å²) < 4.78 is 8.15. The average molecular weight is 351 g/mol. The van der Waals surface area contributed by atoms with E-state index in [1.165, 1.54) is 0 Å². The van der Waals surface area contributed by atoms with Crippen LogP contribution in [0.2, 0.25) is 13.1 Å². The summed E-state index contributed by atoms with van der Waals surface area (Å²) in [5.74, 6) is -0.332. The van der Waals surface area contributed by atoms with Gasteiger partial charge in [-0.2, -0.15) is 5.10 Å². The third-order valence-electron chi connectivity index (χ3n) is 3.36. The van der Waals surface area contributed by atoms with Crippen molar-refractivity contribution in [2.24, 2.45) is 0 Å². The maximum atomic E-state index is 12.2. The molecule has 0 saturated carbocycles. The molecule has 1 heterocycles. The topological polar surface area (TPSA) is 44.1 Å². The number of aromatic nitrogens is 2. The molecule has 1 aromatic carbocycles. The Morgan fingerprint density at radius 3 is 3.00 bits per heavy atom. The Morgan fingerprint density at radius 2 is 2.29 bits per heavy atom. The Morgan fingerprint density at radius 1 is 1.48 bits per heavy atom. The second kappa shape index (κ2) is 7.64. The predicted molar refractivity (Wildman–Crippen MR) is 90.4 cm³/mol. The largest absolute Gasteiger partial charge is 0.462 e. The minimum absolute atomic E-state index is 0.332. The zero-order valence-corrected chi connectivity index (χ0v) is 14.1. The molecule has 1 aromatic heterocycles. The van der Waals surface area contributed by atoms with E-state index in [0.717, 1.165) is 48.4 Å². The van der Waals surface area contributed by atoms with Crippen LogP contribution in [0.5, 0.6) is 0 Å². The van der Waals surface area contributed by atoms with Gasteiger partial charge in [-0.15, -0.1) is 0 Å². The van der Waals surface area contributed by atoms with Crippen LogP contribution in [-0.2, 0) is 11.3 Å². The van der Waals surface area contributed by atoms with Gasteiger partial charge < -0.3 is 4.74 Å². The van der Waals surface area contributed by atoms with Gasteiger partial charge in [-0.25, -0.2) is 4.79 Å². The van der Waals surface area contributed by atoms with E-state index in [1.807, 2.05) is 22.9 Å². The Balaban J connectivity index is 2.33. The van der Waals surface area contributed by atoms with Gasteiger partial charge in [-0.1, -0.05) is 36.1 Å². The van der Waals surface area contributed by atoms with Gasteiger partial charge in [0.25, 0.3) is 0 Å². The highest BCUT2D eigenvalue weighted by atomic mass is 79.9. The summed E-state index contributed by atoms with van der Waals surface area (Å²) in [7, 11) is 1.00. The molecular weight excluding hydrogens is 331 g/mol. The van der Waals surface area contributed by atoms with Crippen LogP contribution in [0, 0.1) is 0 Å². The predicted octanol–water partition coefficient (Wildman–Crippen LogP) is 3.66. The van der Waals surface area contributed by atoms with Crippen molar-refractivity contribution in [3.05, 3.63) is 28.4 Å². The summed E-state index contributed by atoms with van der Waals surface area (Å²) in [5, 5.41) is 5.32. The van der Waals surface area contributed by atoms with Gasteiger partial charge in [0.05, 0.1) is 12.1 Å². The second-order valence-corrected chi connectivity index (χ2v) is 5.99. The Bertz CT molecular complexity index is 627. The highest BCUT2D eigenvalue weighted by molar-refractivity contribution is 9.10. The van der Waals surface area contributed by atoms with E-state index >= 15 is 0 Å². The normalized spacial score (nSPS) is 10.8. The molecule has 0 N–H and O–H groups in total. The zero-order valence-electron chi connectivity index (χ0n) is 12.6. The van der Waals surface area contributed by atoms with Gasteiger partial charge >= 0.3 is 5.97 Å². The van der Waals surface area contributed by atoms with Crippen LogP contribution < -0.4 is 0 Å². The molecule has 4 nitrogen and oxygen atoms in total. The number of esters is 1. The van der Waals surface area contributed by atoms with Crippen molar-refractivity contribution in [2.45, 2.75) is 39.5 Å². The number of hydrogen-bond acceptors (Lipinski definition) is 3. The van der Waals surface area contributed by atoms with Crippen LogP contribution in [0.15, 0.2) is 22.7 Å². The monoisotopic (exact) mass is 350 g/mol. The van der Waals surface area contributed by atoms with E-state index in [2.05, 4.69) is 34.8 Å². The lowest BCUT2D eigenvalue weighted by atomic mass is 9.79. The molecule has 0 bridgehead atoms. The molecule has 0 aliphatic heterocycles. The molecule has 112 valence electrons. The number of carbonyl (C=O) groups excluding carboxylic acids is 1. The van der Waals surface area contributed by atoms with Gasteiger partial charge in [-0.05, 0) is 30.9 Å². The second-order valence-electron chi connectivity index (χ2n) is 5.08. The summed E-state index contributed by atoms with van der Waals surface area (Å²) in [6.07, 6.45) is 3.01. The van der Waals surface area contributed by atoms with Crippen molar-refractivity contribution >= 4 is 40.1 Å². The number of fused-ring (bicyclic) bond motifs is 1. The standard InChI is InChI=1S/C15H20BBrN2O2/c1-3-4-8-19-13-6-5-11(17)10-12(13)14(18-19)15(20)21-9-7-16-2/h5-6,10,16H,3-4,7-9H2,1-2H3. The third kappa shape index (κ3) is 3.87. The Kier molecular flexibility index (Phi) is 5.85.